The summed E-state index contributed by atoms with van der Waals surface area (Å²) in [5.41, 5.74) is 2.59. The van der Waals surface area contributed by atoms with Gasteiger partial charge in [0.1, 0.15) is 6.61 Å². The lowest BCUT2D eigenvalue weighted by Crippen LogP contribution is -2.37. The van der Waals surface area contributed by atoms with Gasteiger partial charge in [-0.15, -0.1) is 11.3 Å². The van der Waals surface area contributed by atoms with E-state index in [1.165, 1.54) is 18.4 Å². The molecule has 3 rings (SSSR count). The van der Waals surface area contributed by atoms with Gasteiger partial charge in [-0.25, -0.2) is 0 Å². The molecule has 1 aliphatic heterocycles. The zero-order valence-corrected chi connectivity index (χ0v) is 14.7. The maximum absolute atomic E-state index is 12.3. The van der Waals surface area contributed by atoms with Crippen LogP contribution in [0, 0.1) is 0 Å². The minimum absolute atomic E-state index is 0.0454. The number of nitrogens with one attached hydrogen (secondary N) is 1. The number of aryl methyl sites for hydroxylation is 1. The molecular formula is C17H17ClN2O3S. The molecule has 0 saturated carbocycles. The largest absolute Gasteiger partial charge is 0.375 e. The van der Waals surface area contributed by atoms with Crippen LogP contribution < -0.4 is 10.2 Å². The number of fused-ring (bicyclic) bond motifs is 1. The van der Waals surface area contributed by atoms with Gasteiger partial charge in [-0.2, -0.15) is 0 Å². The molecule has 1 aliphatic rings. The molecule has 0 bridgehead atoms. The Labute approximate surface area is 149 Å². The minimum atomic E-state index is -0.211. The molecule has 2 heterocycles. The van der Waals surface area contributed by atoms with E-state index in [0.29, 0.717) is 21.4 Å². The number of benzene rings is 1. The summed E-state index contributed by atoms with van der Waals surface area (Å²) in [6.45, 7) is 0.705. The average molecular weight is 365 g/mol. The monoisotopic (exact) mass is 364 g/mol. The van der Waals surface area contributed by atoms with Crippen LogP contribution in [0.15, 0.2) is 30.3 Å². The molecule has 0 radical (unpaired) electrons. The number of methoxy groups -OCH3 is 1. The number of rotatable bonds is 4. The van der Waals surface area contributed by atoms with Crippen LogP contribution in [0.3, 0.4) is 0 Å². The zero-order chi connectivity index (χ0) is 17.1. The van der Waals surface area contributed by atoms with Crippen LogP contribution in [0.4, 0.5) is 11.4 Å². The van der Waals surface area contributed by atoms with Crippen molar-refractivity contribution < 1.29 is 14.3 Å². The van der Waals surface area contributed by atoms with E-state index in [4.69, 9.17) is 16.3 Å². The van der Waals surface area contributed by atoms with E-state index in [1.54, 1.807) is 17.0 Å². The molecule has 1 N–H and O–H groups in total. The third-order valence-corrected chi connectivity index (χ3v) is 5.06. The predicted octanol–water partition coefficient (Wildman–Crippen LogP) is 3.58. The maximum atomic E-state index is 12.3. The first-order valence-corrected chi connectivity index (χ1v) is 8.77. The molecule has 1 aromatic carbocycles. The topological polar surface area (TPSA) is 58.6 Å². The number of ether oxygens (including phenoxy) is 1. The number of thiophene rings is 1. The number of amides is 2. The minimum Gasteiger partial charge on any atom is -0.375 e. The Morgan fingerprint density at radius 1 is 1.33 bits per heavy atom. The first-order valence-electron chi connectivity index (χ1n) is 7.57. The van der Waals surface area contributed by atoms with Crippen LogP contribution in [0.2, 0.25) is 4.34 Å². The maximum Gasteiger partial charge on any atom is 0.265 e. The van der Waals surface area contributed by atoms with Crippen molar-refractivity contribution in [2.45, 2.75) is 12.8 Å². The van der Waals surface area contributed by atoms with E-state index in [9.17, 15) is 9.59 Å². The number of anilines is 2. The van der Waals surface area contributed by atoms with Crippen molar-refractivity contribution in [3.8, 4) is 0 Å². The highest BCUT2D eigenvalue weighted by Crippen LogP contribution is 2.31. The Morgan fingerprint density at radius 3 is 2.88 bits per heavy atom. The van der Waals surface area contributed by atoms with E-state index >= 15 is 0 Å². The average Bonchev–Trinajstić information content (AvgIpc) is 3.01. The SMILES string of the molecule is COCC(=O)N1CCCc2ccc(NC(=O)c3ccc(Cl)s3)cc21. The molecule has 0 aliphatic carbocycles. The first-order chi connectivity index (χ1) is 11.6. The highest BCUT2D eigenvalue weighted by Gasteiger charge is 2.23. The molecule has 0 unspecified atom stereocenters. The third kappa shape index (κ3) is 3.61. The molecule has 0 spiro atoms. The van der Waals surface area contributed by atoms with Gasteiger partial charge < -0.3 is 15.0 Å². The van der Waals surface area contributed by atoms with Gasteiger partial charge in [0, 0.05) is 25.0 Å². The number of carbonyl (C=O) groups is 2. The van der Waals surface area contributed by atoms with Gasteiger partial charge in [-0.3, -0.25) is 9.59 Å². The second-order valence-electron chi connectivity index (χ2n) is 5.48. The van der Waals surface area contributed by atoms with E-state index in [0.717, 1.165) is 24.1 Å². The molecule has 0 atom stereocenters. The van der Waals surface area contributed by atoms with Crippen LogP contribution in [0.1, 0.15) is 21.7 Å². The van der Waals surface area contributed by atoms with Crippen LogP contribution in [0.25, 0.3) is 0 Å². The fourth-order valence-electron chi connectivity index (χ4n) is 2.74. The van der Waals surface area contributed by atoms with Crippen molar-refractivity contribution in [2.24, 2.45) is 0 Å². The Bertz CT molecular complexity index is 775. The second-order valence-corrected chi connectivity index (χ2v) is 7.20. The molecule has 1 aromatic heterocycles. The number of halogens is 1. The predicted molar refractivity (Wildman–Crippen MR) is 96.3 cm³/mol. The number of carbonyl (C=O) groups excluding carboxylic acids is 2. The summed E-state index contributed by atoms with van der Waals surface area (Å²) in [7, 11) is 1.51. The lowest BCUT2D eigenvalue weighted by Gasteiger charge is -2.29. The standard InChI is InChI=1S/C17H17ClN2O3S/c1-23-10-16(21)20-8-2-3-11-4-5-12(9-13(11)20)19-17(22)14-6-7-15(18)24-14/h4-7,9H,2-3,8,10H2,1H3,(H,19,22). The van der Waals surface area contributed by atoms with Gasteiger partial charge >= 0.3 is 0 Å². The molecular weight excluding hydrogens is 348 g/mol. The van der Waals surface area contributed by atoms with Crippen molar-refractivity contribution in [2.75, 3.05) is 30.5 Å². The summed E-state index contributed by atoms with van der Waals surface area (Å²) in [4.78, 5) is 26.7. The van der Waals surface area contributed by atoms with Crippen LogP contribution >= 0.6 is 22.9 Å². The second kappa shape index (κ2) is 7.34. The highest BCUT2D eigenvalue weighted by atomic mass is 35.5. The number of nitrogens with zero attached hydrogens (tertiary/aromatic N) is 1. The van der Waals surface area contributed by atoms with Gasteiger partial charge in [0.25, 0.3) is 11.8 Å². The molecule has 0 saturated heterocycles. The number of hydrogen-bond donors (Lipinski definition) is 1. The molecule has 126 valence electrons. The zero-order valence-electron chi connectivity index (χ0n) is 13.2. The summed E-state index contributed by atoms with van der Waals surface area (Å²) in [5.74, 6) is -0.288. The van der Waals surface area contributed by atoms with Crippen molar-refractivity contribution in [3.63, 3.8) is 0 Å². The highest BCUT2D eigenvalue weighted by molar-refractivity contribution is 7.18. The normalized spacial score (nSPS) is 13.5. The van der Waals surface area contributed by atoms with Crippen LogP contribution in [-0.4, -0.2) is 32.1 Å². The van der Waals surface area contributed by atoms with E-state index < -0.39 is 0 Å². The molecule has 2 amide bonds. The van der Waals surface area contributed by atoms with Crippen LogP contribution in [-0.2, 0) is 16.0 Å². The smallest absolute Gasteiger partial charge is 0.265 e. The molecule has 0 fully saturated rings. The van der Waals surface area contributed by atoms with Gasteiger partial charge in [-0.05, 0) is 42.7 Å². The lowest BCUT2D eigenvalue weighted by atomic mass is 10.0. The Kier molecular flexibility index (Phi) is 5.18. The third-order valence-electron chi connectivity index (χ3n) is 3.83. The molecule has 7 heteroatoms. The molecule has 24 heavy (non-hydrogen) atoms. The molecule has 2 aromatic rings. The lowest BCUT2D eigenvalue weighted by molar-refractivity contribution is -0.122. The van der Waals surface area contributed by atoms with E-state index in [-0.39, 0.29) is 18.4 Å². The number of hydrogen-bond acceptors (Lipinski definition) is 4. The fourth-order valence-corrected chi connectivity index (χ4v) is 3.68. The van der Waals surface area contributed by atoms with Gasteiger partial charge in [0.15, 0.2) is 0 Å². The van der Waals surface area contributed by atoms with Crippen molar-refractivity contribution in [1.82, 2.24) is 0 Å². The van der Waals surface area contributed by atoms with Crippen molar-refractivity contribution in [3.05, 3.63) is 45.1 Å². The van der Waals surface area contributed by atoms with Gasteiger partial charge in [0.05, 0.1) is 9.21 Å². The summed E-state index contributed by atoms with van der Waals surface area (Å²) in [6.07, 6.45) is 1.84. The summed E-state index contributed by atoms with van der Waals surface area (Å²) in [6, 6.07) is 9.04. The summed E-state index contributed by atoms with van der Waals surface area (Å²) in [5, 5.41) is 2.86. The Hall–Kier alpha value is -1.89. The van der Waals surface area contributed by atoms with E-state index in [1.807, 2.05) is 18.2 Å². The summed E-state index contributed by atoms with van der Waals surface area (Å²) < 4.78 is 5.53. The quantitative estimate of drug-likeness (QED) is 0.902. The van der Waals surface area contributed by atoms with Crippen molar-refractivity contribution in [1.29, 1.82) is 0 Å². The summed E-state index contributed by atoms with van der Waals surface area (Å²) >= 11 is 7.10. The van der Waals surface area contributed by atoms with Crippen LogP contribution in [0.5, 0.6) is 0 Å². The Morgan fingerprint density at radius 2 is 2.17 bits per heavy atom. The van der Waals surface area contributed by atoms with E-state index in [2.05, 4.69) is 5.32 Å². The molecule has 5 nitrogen and oxygen atoms in total. The van der Waals surface area contributed by atoms with Gasteiger partial charge in [0.2, 0.25) is 0 Å². The van der Waals surface area contributed by atoms with Crippen molar-refractivity contribution >= 4 is 46.1 Å². The van der Waals surface area contributed by atoms with Gasteiger partial charge in [-0.1, -0.05) is 17.7 Å². The first kappa shape index (κ1) is 17.0. The fraction of sp³-hybridized carbons (Fsp3) is 0.294. The Balaban J connectivity index is 1.82.